The van der Waals surface area contributed by atoms with Gasteiger partial charge in [0.2, 0.25) is 0 Å². The number of nitrogens with zero attached hydrogens (tertiary/aromatic N) is 1. The number of benzene rings is 2. The van der Waals surface area contributed by atoms with Crippen LogP contribution in [0.4, 0.5) is 19.3 Å². The van der Waals surface area contributed by atoms with Crippen LogP contribution in [0, 0.1) is 11.6 Å². The van der Waals surface area contributed by atoms with Gasteiger partial charge in [0.05, 0.1) is 18.4 Å². The molecule has 0 bridgehead atoms. The minimum absolute atomic E-state index is 0.118. The number of rotatable bonds is 5. The molecule has 2 aromatic rings. The highest BCUT2D eigenvalue weighted by Gasteiger charge is 2.16. The highest BCUT2D eigenvalue weighted by Crippen LogP contribution is 2.18. The molecule has 0 saturated carbocycles. The van der Waals surface area contributed by atoms with Crippen LogP contribution in [-0.4, -0.2) is 30.6 Å². The lowest BCUT2D eigenvalue weighted by atomic mass is 10.2. The van der Waals surface area contributed by atoms with Crippen molar-refractivity contribution in [1.82, 2.24) is 4.90 Å². The Morgan fingerprint density at radius 1 is 1.16 bits per heavy atom. The van der Waals surface area contributed by atoms with Gasteiger partial charge in [0, 0.05) is 13.1 Å². The Balaban J connectivity index is 2.15. The third kappa shape index (κ3) is 4.76. The molecule has 2 rings (SSSR count). The summed E-state index contributed by atoms with van der Waals surface area (Å²) in [5.41, 5.74) is 0.596. The zero-order chi connectivity index (χ0) is 18.4. The first-order valence-corrected chi connectivity index (χ1v) is 7.62. The van der Waals surface area contributed by atoms with Gasteiger partial charge in [0.25, 0.3) is 0 Å². The number of urea groups is 1. The summed E-state index contributed by atoms with van der Waals surface area (Å²) in [4.78, 5) is 25.3. The number of carbonyl (C=O) groups excluding carboxylic acids is 2. The summed E-state index contributed by atoms with van der Waals surface area (Å²) in [5, 5.41) is 2.43. The third-order valence-corrected chi connectivity index (χ3v) is 3.56. The van der Waals surface area contributed by atoms with Gasteiger partial charge in [-0.25, -0.2) is 18.4 Å². The molecule has 0 aliphatic heterocycles. The number of ether oxygens (including phenoxy) is 1. The lowest BCUT2D eigenvalue weighted by Gasteiger charge is -2.22. The lowest BCUT2D eigenvalue weighted by molar-refractivity contribution is 0.0600. The molecule has 0 fully saturated rings. The summed E-state index contributed by atoms with van der Waals surface area (Å²) in [6.07, 6.45) is 0. The van der Waals surface area contributed by atoms with Gasteiger partial charge >= 0.3 is 12.0 Å². The highest BCUT2D eigenvalue weighted by atomic mass is 19.1. The predicted octanol–water partition coefficient (Wildman–Crippen LogP) is 3.81. The van der Waals surface area contributed by atoms with Crippen molar-refractivity contribution in [2.45, 2.75) is 13.5 Å². The largest absolute Gasteiger partial charge is 0.465 e. The molecule has 0 radical (unpaired) electrons. The predicted molar refractivity (Wildman–Crippen MR) is 89.2 cm³/mol. The first-order chi connectivity index (χ1) is 11.9. The normalized spacial score (nSPS) is 10.2. The van der Waals surface area contributed by atoms with Gasteiger partial charge < -0.3 is 15.0 Å². The van der Waals surface area contributed by atoms with Crippen molar-refractivity contribution >= 4 is 17.7 Å². The molecule has 0 aliphatic rings. The Hall–Kier alpha value is -2.96. The molecular formula is C18H18F2N2O3. The van der Waals surface area contributed by atoms with Crippen LogP contribution in [0.3, 0.4) is 0 Å². The van der Waals surface area contributed by atoms with E-state index in [9.17, 15) is 18.4 Å². The first-order valence-electron chi connectivity index (χ1n) is 7.62. The molecule has 0 spiro atoms. The lowest BCUT2D eigenvalue weighted by Crippen LogP contribution is -2.34. The Kier molecular flexibility index (Phi) is 6.05. The van der Waals surface area contributed by atoms with Crippen molar-refractivity contribution in [1.29, 1.82) is 0 Å². The number of anilines is 1. The summed E-state index contributed by atoms with van der Waals surface area (Å²) < 4.78 is 31.7. The fourth-order valence-corrected chi connectivity index (χ4v) is 2.24. The average molecular weight is 348 g/mol. The van der Waals surface area contributed by atoms with Crippen molar-refractivity contribution in [2.24, 2.45) is 0 Å². The maximum atomic E-state index is 13.9. The number of hydrogen-bond acceptors (Lipinski definition) is 3. The summed E-state index contributed by atoms with van der Waals surface area (Å²) in [6, 6.07) is 8.86. The van der Waals surface area contributed by atoms with E-state index in [1.165, 1.54) is 36.3 Å². The summed E-state index contributed by atoms with van der Waals surface area (Å²) in [7, 11) is 1.21. The smallest absolute Gasteiger partial charge is 0.337 e. The van der Waals surface area contributed by atoms with Crippen LogP contribution in [-0.2, 0) is 11.3 Å². The Morgan fingerprint density at radius 2 is 1.92 bits per heavy atom. The molecule has 7 heteroatoms. The van der Waals surface area contributed by atoms with Gasteiger partial charge in [-0.15, -0.1) is 0 Å². The molecule has 0 aromatic heterocycles. The minimum Gasteiger partial charge on any atom is -0.465 e. The number of methoxy groups -OCH3 is 1. The molecule has 132 valence electrons. The third-order valence-electron chi connectivity index (χ3n) is 3.56. The number of hydrogen-bond donors (Lipinski definition) is 1. The highest BCUT2D eigenvalue weighted by molar-refractivity contribution is 5.94. The van der Waals surface area contributed by atoms with Crippen LogP contribution >= 0.6 is 0 Å². The fraction of sp³-hybridized carbons (Fsp3) is 0.222. The average Bonchev–Trinajstić information content (AvgIpc) is 2.60. The van der Waals surface area contributed by atoms with E-state index in [0.717, 1.165) is 6.07 Å². The molecule has 0 saturated heterocycles. The van der Waals surface area contributed by atoms with Crippen LogP contribution in [0.25, 0.3) is 0 Å². The van der Waals surface area contributed by atoms with Crippen molar-refractivity contribution < 1.29 is 23.1 Å². The zero-order valence-corrected chi connectivity index (χ0v) is 13.9. The number of esters is 1. The van der Waals surface area contributed by atoms with Crippen molar-refractivity contribution in [3.8, 4) is 0 Å². The second kappa shape index (κ2) is 8.23. The van der Waals surface area contributed by atoms with Gasteiger partial charge in [0.15, 0.2) is 0 Å². The monoisotopic (exact) mass is 348 g/mol. The molecule has 1 N–H and O–H groups in total. The molecular weight excluding hydrogens is 330 g/mol. The molecule has 0 atom stereocenters. The Morgan fingerprint density at radius 3 is 2.56 bits per heavy atom. The Bertz CT molecular complexity index is 781. The zero-order valence-electron chi connectivity index (χ0n) is 13.9. The number of carbonyl (C=O) groups is 2. The summed E-state index contributed by atoms with van der Waals surface area (Å²) in [6.45, 7) is 2.25. The van der Waals surface area contributed by atoms with Crippen LogP contribution in [0.1, 0.15) is 22.8 Å². The van der Waals surface area contributed by atoms with Crippen molar-refractivity contribution in [2.75, 3.05) is 19.0 Å². The maximum absolute atomic E-state index is 13.9. The van der Waals surface area contributed by atoms with E-state index in [2.05, 4.69) is 10.1 Å². The van der Waals surface area contributed by atoms with Gasteiger partial charge in [-0.3, -0.25) is 0 Å². The fourth-order valence-electron chi connectivity index (χ4n) is 2.24. The van der Waals surface area contributed by atoms with E-state index in [1.54, 1.807) is 19.1 Å². The molecule has 2 amide bonds. The molecule has 0 unspecified atom stereocenters. The van der Waals surface area contributed by atoms with E-state index in [0.29, 0.717) is 12.1 Å². The summed E-state index contributed by atoms with van der Waals surface area (Å²) >= 11 is 0. The topological polar surface area (TPSA) is 58.6 Å². The molecule has 2 aromatic carbocycles. The quantitative estimate of drug-likeness (QED) is 0.836. The molecule has 0 aliphatic carbocycles. The number of amides is 2. The molecule has 0 heterocycles. The summed E-state index contributed by atoms with van der Waals surface area (Å²) in [5.74, 6) is -1.71. The van der Waals surface area contributed by atoms with E-state index >= 15 is 0 Å². The van der Waals surface area contributed by atoms with Crippen molar-refractivity contribution in [3.05, 3.63) is 65.2 Å². The van der Waals surface area contributed by atoms with E-state index in [1.807, 2.05) is 0 Å². The molecule has 25 heavy (non-hydrogen) atoms. The van der Waals surface area contributed by atoms with E-state index < -0.39 is 23.6 Å². The van der Waals surface area contributed by atoms with E-state index in [4.69, 9.17) is 0 Å². The minimum atomic E-state index is -0.678. The van der Waals surface area contributed by atoms with Gasteiger partial charge in [-0.2, -0.15) is 0 Å². The van der Waals surface area contributed by atoms with Gasteiger partial charge in [-0.05, 0) is 42.8 Å². The number of nitrogens with one attached hydrogen (secondary N) is 1. The standard InChI is InChI=1S/C18H18F2N2O3/c1-3-22(11-12-5-4-6-14(19)9-12)18(24)21-16-10-13(17(23)25-2)7-8-15(16)20/h4-10H,3,11H2,1-2H3,(H,21,24). The van der Waals surface area contributed by atoms with Crippen LogP contribution in [0.15, 0.2) is 42.5 Å². The van der Waals surface area contributed by atoms with Crippen molar-refractivity contribution in [3.63, 3.8) is 0 Å². The van der Waals surface area contributed by atoms with Crippen LogP contribution in [0.2, 0.25) is 0 Å². The second-order valence-corrected chi connectivity index (χ2v) is 5.26. The Labute approximate surface area is 144 Å². The van der Waals surface area contributed by atoms with Crippen LogP contribution < -0.4 is 5.32 Å². The van der Waals surface area contributed by atoms with Gasteiger partial charge in [0.1, 0.15) is 11.6 Å². The molecule has 5 nitrogen and oxygen atoms in total. The second-order valence-electron chi connectivity index (χ2n) is 5.26. The van der Waals surface area contributed by atoms with E-state index in [-0.39, 0.29) is 17.8 Å². The number of halogens is 2. The maximum Gasteiger partial charge on any atom is 0.337 e. The van der Waals surface area contributed by atoms with Crippen LogP contribution in [0.5, 0.6) is 0 Å². The van der Waals surface area contributed by atoms with Gasteiger partial charge in [-0.1, -0.05) is 12.1 Å². The first kappa shape index (κ1) is 18.4. The SMILES string of the molecule is CCN(Cc1cccc(F)c1)C(=O)Nc1cc(C(=O)OC)ccc1F.